The number of nitrogens with zero attached hydrogens (tertiary/aromatic N) is 1. The summed E-state index contributed by atoms with van der Waals surface area (Å²) in [5, 5.41) is 0.807. The van der Waals surface area contributed by atoms with Gasteiger partial charge in [-0.3, -0.25) is 4.90 Å². The molecule has 0 aliphatic carbocycles. The fourth-order valence-electron chi connectivity index (χ4n) is 2.73. The third-order valence-corrected chi connectivity index (χ3v) is 4.10. The third-order valence-electron chi connectivity index (χ3n) is 3.86. The molecule has 2 aliphatic rings. The predicted molar refractivity (Wildman–Crippen MR) is 80.8 cm³/mol. The van der Waals surface area contributed by atoms with Crippen molar-refractivity contribution in [2.45, 2.75) is 19.1 Å². The second-order valence-corrected chi connectivity index (χ2v) is 5.69. The van der Waals surface area contributed by atoms with Crippen molar-refractivity contribution in [3.63, 3.8) is 0 Å². The quantitative estimate of drug-likeness (QED) is 0.851. The molecule has 0 unspecified atom stereocenters. The molecule has 0 bridgehead atoms. The van der Waals surface area contributed by atoms with Crippen molar-refractivity contribution in [1.82, 2.24) is 4.90 Å². The molecule has 2 heterocycles. The lowest BCUT2D eigenvalue weighted by Gasteiger charge is -2.27. The van der Waals surface area contributed by atoms with Gasteiger partial charge in [0.25, 0.3) is 0 Å². The summed E-state index contributed by atoms with van der Waals surface area (Å²) in [5.74, 6) is 0. The Morgan fingerprint density at radius 2 is 2.10 bits per heavy atom. The Morgan fingerprint density at radius 3 is 2.80 bits per heavy atom. The van der Waals surface area contributed by atoms with E-state index in [9.17, 15) is 0 Å². The van der Waals surface area contributed by atoms with Gasteiger partial charge in [-0.15, -0.1) is 0 Å². The van der Waals surface area contributed by atoms with E-state index in [-0.39, 0.29) is 6.29 Å². The lowest BCUT2D eigenvalue weighted by atomic mass is 9.99. The van der Waals surface area contributed by atoms with Crippen LogP contribution >= 0.6 is 11.6 Å². The molecule has 1 aromatic carbocycles. The lowest BCUT2D eigenvalue weighted by molar-refractivity contribution is -0.0511. The Kier molecular flexibility index (Phi) is 4.73. The van der Waals surface area contributed by atoms with Crippen LogP contribution in [0.3, 0.4) is 0 Å². The van der Waals surface area contributed by atoms with Crippen molar-refractivity contribution in [2.24, 2.45) is 0 Å². The van der Waals surface area contributed by atoms with Crippen molar-refractivity contribution in [3.05, 3.63) is 40.9 Å². The van der Waals surface area contributed by atoms with Crippen LogP contribution in [-0.2, 0) is 9.47 Å². The van der Waals surface area contributed by atoms with Crippen LogP contribution in [0.1, 0.15) is 18.4 Å². The standard InChI is InChI=1S/C16H20ClNO2/c17-15-3-1-2-14(12-15)13-4-7-18(8-5-13)9-6-16-19-10-11-20-16/h1-4,12,16H,5-11H2. The molecule has 0 aromatic heterocycles. The minimum Gasteiger partial charge on any atom is -0.350 e. The fourth-order valence-corrected chi connectivity index (χ4v) is 2.92. The number of ether oxygens (including phenoxy) is 2. The Hall–Kier alpha value is -0.870. The van der Waals surface area contributed by atoms with E-state index in [2.05, 4.69) is 17.0 Å². The molecule has 0 spiro atoms. The highest BCUT2D eigenvalue weighted by molar-refractivity contribution is 6.30. The number of benzene rings is 1. The maximum Gasteiger partial charge on any atom is 0.159 e. The molecule has 1 saturated heterocycles. The van der Waals surface area contributed by atoms with Crippen molar-refractivity contribution in [3.8, 4) is 0 Å². The number of hydrogen-bond donors (Lipinski definition) is 0. The first-order chi connectivity index (χ1) is 9.81. The topological polar surface area (TPSA) is 21.7 Å². The second-order valence-electron chi connectivity index (χ2n) is 5.25. The van der Waals surface area contributed by atoms with Crippen LogP contribution in [-0.4, -0.2) is 44.0 Å². The molecule has 20 heavy (non-hydrogen) atoms. The number of hydrogen-bond acceptors (Lipinski definition) is 3. The van der Waals surface area contributed by atoms with E-state index in [0.29, 0.717) is 0 Å². The molecule has 0 N–H and O–H groups in total. The zero-order valence-corrected chi connectivity index (χ0v) is 12.3. The van der Waals surface area contributed by atoms with E-state index in [1.54, 1.807) is 0 Å². The molecule has 108 valence electrons. The summed E-state index contributed by atoms with van der Waals surface area (Å²) >= 11 is 6.05. The normalized spacial score (nSPS) is 21.1. The summed E-state index contributed by atoms with van der Waals surface area (Å²) in [4.78, 5) is 2.44. The Bertz CT molecular complexity index is 483. The average molecular weight is 294 g/mol. The number of halogens is 1. The van der Waals surface area contributed by atoms with Crippen molar-refractivity contribution >= 4 is 17.2 Å². The molecule has 1 aromatic rings. The van der Waals surface area contributed by atoms with E-state index >= 15 is 0 Å². The van der Waals surface area contributed by atoms with E-state index in [1.165, 1.54) is 11.1 Å². The smallest absolute Gasteiger partial charge is 0.159 e. The van der Waals surface area contributed by atoms with Crippen LogP contribution in [0.5, 0.6) is 0 Å². The first-order valence-corrected chi connectivity index (χ1v) is 7.59. The zero-order chi connectivity index (χ0) is 13.8. The van der Waals surface area contributed by atoms with Gasteiger partial charge in [0, 0.05) is 31.1 Å². The molecule has 0 saturated carbocycles. The van der Waals surface area contributed by atoms with E-state index in [0.717, 1.165) is 50.7 Å². The molecule has 1 fully saturated rings. The third kappa shape index (κ3) is 3.61. The lowest BCUT2D eigenvalue weighted by Crippen LogP contribution is -2.31. The Balaban J connectivity index is 1.52. The van der Waals surface area contributed by atoms with Crippen molar-refractivity contribution in [1.29, 1.82) is 0 Å². The highest BCUT2D eigenvalue weighted by Crippen LogP contribution is 2.24. The highest BCUT2D eigenvalue weighted by Gasteiger charge is 2.18. The maximum atomic E-state index is 6.05. The zero-order valence-electron chi connectivity index (χ0n) is 11.6. The van der Waals surface area contributed by atoms with Gasteiger partial charge in [-0.1, -0.05) is 29.8 Å². The van der Waals surface area contributed by atoms with Crippen LogP contribution in [0.2, 0.25) is 5.02 Å². The average Bonchev–Trinajstić information content (AvgIpc) is 2.99. The van der Waals surface area contributed by atoms with E-state index < -0.39 is 0 Å². The molecule has 3 nitrogen and oxygen atoms in total. The van der Waals surface area contributed by atoms with Gasteiger partial charge in [0.15, 0.2) is 6.29 Å². The monoisotopic (exact) mass is 293 g/mol. The predicted octanol–water partition coefficient (Wildman–Crippen LogP) is 3.19. The van der Waals surface area contributed by atoms with Gasteiger partial charge in [-0.2, -0.15) is 0 Å². The van der Waals surface area contributed by atoms with Gasteiger partial charge in [0.2, 0.25) is 0 Å². The largest absolute Gasteiger partial charge is 0.350 e. The number of rotatable bonds is 4. The van der Waals surface area contributed by atoms with Crippen LogP contribution in [0.25, 0.3) is 5.57 Å². The Morgan fingerprint density at radius 1 is 1.25 bits per heavy atom. The molecule has 2 aliphatic heterocycles. The molecular weight excluding hydrogens is 274 g/mol. The highest BCUT2D eigenvalue weighted by atomic mass is 35.5. The summed E-state index contributed by atoms with van der Waals surface area (Å²) in [6.07, 6.45) is 4.35. The Labute approximate surface area is 125 Å². The van der Waals surface area contributed by atoms with Gasteiger partial charge < -0.3 is 9.47 Å². The van der Waals surface area contributed by atoms with Crippen LogP contribution in [0, 0.1) is 0 Å². The molecule has 0 radical (unpaired) electrons. The summed E-state index contributed by atoms with van der Waals surface area (Å²) in [6.45, 7) is 4.59. The molecule has 0 atom stereocenters. The van der Waals surface area contributed by atoms with Crippen LogP contribution < -0.4 is 0 Å². The van der Waals surface area contributed by atoms with Gasteiger partial charge in [-0.05, 0) is 29.7 Å². The van der Waals surface area contributed by atoms with E-state index in [1.807, 2.05) is 18.2 Å². The van der Waals surface area contributed by atoms with Crippen LogP contribution in [0.4, 0.5) is 0 Å². The SMILES string of the molecule is Clc1cccc(C2=CCN(CCC3OCCO3)CC2)c1. The molecular formula is C16H20ClNO2. The van der Waals surface area contributed by atoms with Crippen molar-refractivity contribution in [2.75, 3.05) is 32.8 Å². The molecule has 3 rings (SSSR count). The van der Waals surface area contributed by atoms with Gasteiger partial charge in [0.1, 0.15) is 0 Å². The molecule has 0 amide bonds. The maximum absolute atomic E-state index is 6.05. The van der Waals surface area contributed by atoms with Crippen molar-refractivity contribution < 1.29 is 9.47 Å². The first kappa shape index (κ1) is 14.1. The summed E-state index contributed by atoms with van der Waals surface area (Å²) in [5.41, 5.74) is 2.65. The summed E-state index contributed by atoms with van der Waals surface area (Å²) in [6, 6.07) is 8.11. The van der Waals surface area contributed by atoms with Gasteiger partial charge in [0.05, 0.1) is 13.2 Å². The fraction of sp³-hybridized carbons (Fsp3) is 0.500. The van der Waals surface area contributed by atoms with E-state index in [4.69, 9.17) is 21.1 Å². The summed E-state index contributed by atoms with van der Waals surface area (Å²) in [7, 11) is 0. The minimum atomic E-state index is 0.00769. The summed E-state index contributed by atoms with van der Waals surface area (Å²) < 4.78 is 10.9. The van der Waals surface area contributed by atoms with Gasteiger partial charge >= 0.3 is 0 Å². The first-order valence-electron chi connectivity index (χ1n) is 7.22. The van der Waals surface area contributed by atoms with Crippen LogP contribution in [0.15, 0.2) is 30.3 Å². The second kappa shape index (κ2) is 6.72. The minimum absolute atomic E-state index is 0.00769. The van der Waals surface area contributed by atoms with Gasteiger partial charge in [-0.25, -0.2) is 0 Å². The molecule has 4 heteroatoms.